The summed E-state index contributed by atoms with van der Waals surface area (Å²) in [6, 6.07) is -0.533. The molecule has 16 heavy (non-hydrogen) atoms. The van der Waals surface area contributed by atoms with Crippen molar-refractivity contribution in [3.63, 3.8) is 0 Å². The molecule has 0 saturated heterocycles. The molecule has 3 N–H and O–H groups in total. The predicted molar refractivity (Wildman–Crippen MR) is 60.7 cm³/mol. The third-order valence-electron chi connectivity index (χ3n) is 2.41. The maximum Gasteiger partial charge on any atom is 0.221 e. The second-order valence-electron chi connectivity index (χ2n) is 4.25. The number of ketones is 1. The van der Waals surface area contributed by atoms with Crippen molar-refractivity contribution in [3.05, 3.63) is 0 Å². The number of rotatable bonds is 7. The molecule has 1 amide bonds. The Bertz CT molecular complexity index is 264. The molecular weight excluding hydrogens is 208 g/mol. The monoisotopic (exact) mass is 228 g/mol. The van der Waals surface area contributed by atoms with Gasteiger partial charge >= 0.3 is 0 Å². The summed E-state index contributed by atoms with van der Waals surface area (Å²) in [4.78, 5) is 33.0. The number of Topliss-reactive ketones (excluding diaryl/α,β-unsaturated/α-hetero) is 1. The Morgan fingerprint density at radius 3 is 2.31 bits per heavy atom. The van der Waals surface area contributed by atoms with E-state index in [4.69, 9.17) is 5.73 Å². The number of aldehydes is 1. The highest BCUT2D eigenvalue weighted by Crippen LogP contribution is 2.10. The van der Waals surface area contributed by atoms with Crippen LogP contribution in [0.15, 0.2) is 0 Å². The summed E-state index contributed by atoms with van der Waals surface area (Å²) in [5.41, 5.74) is 5.70. The molecule has 0 fully saturated rings. The summed E-state index contributed by atoms with van der Waals surface area (Å²) in [5.74, 6) is -0.766. The minimum absolute atomic E-state index is 0.0179. The quantitative estimate of drug-likeness (QED) is 0.594. The van der Waals surface area contributed by atoms with Crippen molar-refractivity contribution in [2.45, 2.75) is 33.2 Å². The Kier molecular flexibility index (Phi) is 6.56. The van der Waals surface area contributed by atoms with Gasteiger partial charge in [0, 0.05) is 12.3 Å². The zero-order valence-electron chi connectivity index (χ0n) is 10.0. The largest absolute Gasteiger partial charge is 0.349 e. The molecule has 0 aromatic heterocycles. The van der Waals surface area contributed by atoms with Gasteiger partial charge in [0.1, 0.15) is 6.29 Å². The first-order chi connectivity index (χ1) is 7.40. The number of hydrogen-bond acceptors (Lipinski definition) is 4. The van der Waals surface area contributed by atoms with E-state index in [0.29, 0.717) is 6.29 Å². The van der Waals surface area contributed by atoms with Gasteiger partial charge in [-0.25, -0.2) is 0 Å². The lowest BCUT2D eigenvalue weighted by Gasteiger charge is -2.18. The van der Waals surface area contributed by atoms with Crippen molar-refractivity contribution >= 4 is 18.0 Å². The molecule has 0 radical (unpaired) electrons. The van der Waals surface area contributed by atoms with Gasteiger partial charge in [-0.3, -0.25) is 9.59 Å². The number of carbonyl (C=O) groups excluding carboxylic acids is 3. The van der Waals surface area contributed by atoms with Gasteiger partial charge in [0.25, 0.3) is 0 Å². The van der Waals surface area contributed by atoms with E-state index in [-0.39, 0.29) is 30.6 Å². The normalized spacial score (nSPS) is 14.3. The summed E-state index contributed by atoms with van der Waals surface area (Å²) in [6.07, 6.45) is 0.678. The van der Waals surface area contributed by atoms with Crippen LogP contribution >= 0.6 is 0 Å². The number of nitrogens with two attached hydrogens (primary N) is 1. The average Bonchev–Trinajstić information content (AvgIpc) is 2.23. The van der Waals surface area contributed by atoms with Gasteiger partial charge in [-0.2, -0.15) is 0 Å². The molecule has 0 saturated carbocycles. The van der Waals surface area contributed by atoms with Crippen LogP contribution in [0.25, 0.3) is 0 Å². The van der Waals surface area contributed by atoms with Crippen LogP contribution in [0, 0.1) is 11.8 Å². The van der Waals surface area contributed by atoms with Gasteiger partial charge in [0.2, 0.25) is 5.91 Å². The van der Waals surface area contributed by atoms with Gasteiger partial charge in [-0.1, -0.05) is 20.8 Å². The van der Waals surface area contributed by atoms with Gasteiger partial charge in [-0.05, 0) is 5.92 Å². The summed E-state index contributed by atoms with van der Waals surface area (Å²) in [7, 11) is 0. The summed E-state index contributed by atoms with van der Waals surface area (Å²) in [6.45, 7) is 5.38. The third-order valence-corrected chi connectivity index (χ3v) is 2.41. The Morgan fingerprint density at radius 1 is 1.31 bits per heavy atom. The molecule has 2 unspecified atom stereocenters. The minimum Gasteiger partial charge on any atom is -0.349 e. The fourth-order valence-electron chi connectivity index (χ4n) is 1.26. The van der Waals surface area contributed by atoms with Crippen molar-refractivity contribution < 1.29 is 14.4 Å². The highest BCUT2D eigenvalue weighted by molar-refractivity contribution is 5.90. The standard InChI is InChI=1S/C11H20N2O3/c1-7(2)10(12)11(16)8(3)6-9(15)13-4-5-14/h5,7-8,10H,4,6,12H2,1-3H3,(H,13,15). The fraction of sp³-hybridized carbons (Fsp3) is 0.727. The lowest BCUT2D eigenvalue weighted by Crippen LogP contribution is -2.40. The summed E-state index contributed by atoms with van der Waals surface area (Å²) in [5, 5.41) is 2.39. The molecule has 0 aromatic carbocycles. The highest BCUT2D eigenvalue weighted by atomic mass is 16.2. The second kappa shape index (κ2) is 7.11. The Hall–Kier alpha value is -1.23. The number of nitrogens with one attached hydrogen (secondary N) is 1. The van der Waals surface area contributed by atoms with Gasteiger partial charge < -0.3 is 15.8 Å². The van der Waals surface area contributed by atoms with E-state index < -0.39 is 12.0 Å². The summed E-state index contributed by atoms with van der Waals surface area (Å²) >= 11 is 0. The van der Waals surface area contributed by atoms with Crippen molar-refractivity contribution in [1.82, 2.24) is 5.32 Å². The molecule has 0 bridgehead atoms. The van der Waals surface area contributed by atoms with E-state index in [0.717, 1.165) is 0 Å². The number of amides is 1. The zero-order chi connectivity index (χ0) is 12.7. The first-order valence-corrected chi connectivity index (χ1v) is 5.39. The molecule has 5 heteroatoms. The molecule has 0 spiro atoms. The van der Waals surface area contributed by atoms with Crippen LogP contribution in [0.5, 0.6) is 0 Å². The minimum atomic E-state index is -0.533. The molecule has 0 heterocycles. The first kappa shape index (κ1) is 14.8. The van der Waals surface area contributed by atoms with E-state index in [9.17, 15) is 14.4 Å². The third kappa shape index (κ3) is 5.02. The Morgan fingerprint density at radius 2 is 1.88 bits per heavy atom. The van der Waals surface area contributed by atoms with Gasteiger partial charge in [-0.15, -0.1) is 0 Å². The van der Waals surface area contributed by atoms with Crippen LogP contribution < -0.4 is 11.1 Å². The van der Waals surface area contributed by atoms with E-state index in [1.807, 2.05) is 13.8 Å². The SMILES string of the molecule is CC(CC(=O)NCC=O)C(=O)C(N)C(C)C. The van der Waals surface area contributed by atoms with E-state index in [2.05, 4.69) is 5.32 Å². The molecular formula is C11H20N2O3. The maximum atomic E-state index is 11.7. The zero-order valence-corrected chi connectivity index (χ0v) is 10.0. The van der Waals surface area contributed by atoms with Crippen LogP contribution in [-0.4, -0.2) is 30.6 Å². The Balaban J connectivity index is 4.14. The van der Waals surface area contributed by atoms with Crippen molar-refractivity contribution in [3.8, 4) is 0 Å². The predicted octanol–water partition coefficient (Wildman–Crippen LogP) is -0.120. The summed E-state index contributed by atoms with van der Waals surface area (Å²) < 4.78 is 0. The molecule has 0 rings (SSSR count). The van der Waals surface area contributed by atoms with Crippen LogP contribution in [0.2, 0.25) is 0 Å². The number of hydrogen-bond donors (Lipinski definition) is 2. The average molecular weight is 228 g/mol. The molecule has 0 aliphatic carbocycles. The highest BCUT2D eigenvalue weighted by Gasteiger charge is 2.24. The topological polar surface area (TPSA) is 89.3 Å². The maximum absolute atomic E-state index is 11.7. The fourth-order valence-corrected chi connectivity index (χ4v) is 1.26. The van der Waals surface area contributed by atoms with E-state index in [1.165, 1.54) is 0 Å². The molecule has 5 nitrogen and oxygen atoms in total. The molecule has 0 aliphatic heterocycles. The van der Waals surface area contributed by atoms with Crippen LogP contribution in [0.1, 0.15) is 27.2 Å². The smallest absolute Gasteiger partial charge is 0.221 e. The molecule has 0 aliphatic rings. The van der Waals surface area contributed by atoms with E-state index >= 15 is 0 Å². The van der Waals surface area contributed by atoms with Gasteiger partial charge in [0.05, 0.1) is 12.6 Å². The van der Waals surface area contributed by atoms with Crippen molar-refractivity contribution in [1.29, 1.82) is 0 Å². The number of carbonyl (C=O) groups is 3. The van der Waals surface area contributed by atoms with Crippen LogP contribution in [-0.2, 0) is 14.4 Å². The van der Waals surface area contributed by atoms with Crippen molar-refractivity contribution in [2.75, 3.05) is 6.54 Å². The molecule has 0 aromatic rings. The molecule has 92 valence electrons. The first-order valence-electron chi connectivity index (χ1n) is 5.39. The lowest BCUT2D eigenvalue weighted by molar-refractivity contribution is -0.130. The second-order valence-corrected chi connectivity index (χ2v) is 4.25. The Labute approximate surface area is 95.8 Å². The van der Waals surface area contributed by atoms with Gasteiger partial charge in [0.15, 0.2) is 5.78 Å². The lowest BCUT2D eigenvalue weighted by atomic mass is 9.91. The van der Waals surface area contributed by atoms with Crippen LogP contribution in [0.4, 0.5) is 0 Å². The molecule has 2 atom stereocenters. The van der Waals surface area contributed by atoms with Crippen LogP contribution in [0.3, 0.4) is 0 Å². The van der Waals surface area contributed by atoms with E-state index in [1.54, 1.807) is 6.92 Å². The van der Waals surface area contributed by atoms with Crippen molar-refractivity contribution in [2.24, 2.45) is 17.6 Å².